The number of hydrogen-bond donors (Lipinski definition) is 0. The van der Waals surface area contributed by atoms with Crippen molar-refractivity contribution in [2.45, 2.75) is 19.8 Å². The highest BCUT2D eigenvalue weighted by Gasteiger charge is 2.13. The summed E-state index contributed by atoms with van der Waals surface area (Å²) in [6, 6.07) is 18.8. The van der Waals surface area contributed by atoms with Crippen LogP contribution in [0.2, 0.25) is 0 Å². The monoisotopic (exact) mass is 460 g/mol. The molecule has 0 fully saturated rings. The molecule has 0 aliphatic heterocycles. The Morgan fingerprint density at radius 2 is 1.50 bits per heavy atom. The van der Waals surface area contributed by atoms with Gasteiger partial charge in [0.05, 0.1) is 13.0 Å². The van der Waals surface area contributed by atoms with Crippen LogP contribution in [0.1, 0.15) is 35.2 Å². The summed E-state index contributed by atoms with van der Waals surface area (Å²) in [5, 5.41) is 3.95. The van der Waals surface area contributed by atoms with E-state index in [2.05, 4.69) is 10.1 Å². The fourth-order valence-electron chi connectivity index (χ4n) is 3.17. The van der Waals surface area contributed by atoms with Gasteiger partial charge in [0.2, 0.25) is 11.7 Å². The maximum absolute atomic E-state index is 13.0. The lowest BCUT2D eigenvalue weighted by Crippen LogP contribution is -2.09. The van der Waals surface area contributed by atoms with E-state index in [4.69, 9.17) is 14.0 Å². The molecule has 0 aliphatic carbocycles. The van der Waals surface area contributed by atoms with E-state index in [1.807, 2.05) is 31.2 Å². The second-order valence-corrected chi connectivity index (χ2v) is 7.30. The molecule has 0 unspecified atom stereocenters. The van der Waals surface area contributed by atoms with Crippen molar-refractivity contribution < 1.29 is 28.0 Å². The summed E-state index contributed by atoms with van der Waals surface area (Å²) in [5.74, 6) is 0.670. The van der Waals surface area contributed by atoms with Gasteiger partial charge in [0.25, 0.3) is 0 Å². The van der Waals surface area contributed by atoms with Crippen molar-refractivity contribution >= 4 is 11.8 Å². The number of ketones is 1. The van der Waals surface area contributed by atoms with E-state index in [1.54, 1.807) is 12.1 Å². The number of ether oxygens (including phenoxy) is 2. The summed E-state index contributed by atoms with van der Waals surface area (Å²) in [6.45, 7) is 2.50. The van der Waals surface area contributed by atoms with E-state index < -0.39 is 11.8 Å². The summed E-state index contributed by atoms with van der Waals surface area (Å²) in [7, 11) is 0. The molecule has 0 spiro atoms. The second-order valence-electron chi connectivity index (χ2n) is 7.30. The Morgan fingerprint density at radius 1 is 0.882 bits per heavy atom. The molecule has 4 aromatic rings. The minimum Gasteiger partial charge on any atom is -0.494 e. The lowest BCUT2D eigenvalue weighted by molar-refractivity contribution is -0.134. The Morgan fingerprint density at radius 3 is 2.15 bits per heavy atom. The average molecular weight is 460 g/mol. The summed E-state index contributed by atoms with van der Waals surface area (Å²) >= 11 is 0. The number of carbonyl (C=O) groups excluding carboxylic acids is 2. The molecule has 0 radical (unpaired) electrons. The minimum atomic E-state index is -0.474. The highest BCUT2D eigenvalue weighted by Crippen LogP contribution is 2.21. The molecule has 34 heavy (non-hydrogen) atoms. The van der Waals surface area contributed by atoms with E-state index in [0.29, 0.717) is 35.2 Å². The first kappa shape index (κ1) is 22.8. The molecule has 0 atom stereocenters. The van der Waals surface area contributed by atoms with Gasteiger partial charge in [-0.15, -0.1) is 0 Å². The molecule has 1 heterocycles. The van der Waals surface area contributed by atoms with Gasteiger partial charge in [-0.05, 0) is 79.7 Å². The van der Waals surface area contributed by atoms with Gasteiger partial charge in [0, 0.05) is 23.1 Å². The van der Waals surface area contributed by atoms with Gasteiger partial charge in [-0.25, -0.2) is 4.39 Å². The predicted octanol–water partition coefficient (Wildman–Crippen LogP) is 5.04. The molecule has 1 aromatic heterocycles. The molecule has 0 saturated carbocycles. The zero-order valence-electron chi connectivity index (χ0n) is 18.4. The van der Waals surface area contributed by atoms with Gasteiger partial charge in [0.1, 0.15) is 17.3 Å². The Labute approximate surface area is 195 Å². The number of aromatic nitrogens is 2. The average Bonchev–Trinajstić information content (AvgIpc) is 3.33. The van der Waals surface area contributed by atoms with Gasteiger partial charge >= 0.3 is 5.97 Å². The third-order valence-electron chi connectivity index (χ3n) is 4.89. The Balaban J connectivity index is 1.29. The van der Waals surface area contributed by atoms with Crippen LogP contribution >= 0.6 is 0 Å². The van der Waals surface area contributed by atoms with E-state index >= 15 is 0 Å². The molecule has 0 amide bonds. The van der Waals surface area contributed by atoms with Crippen molar-refractivity contribution in [2.75, 3.05) is 6.61 Å². The van der Waals surface area contributed by atoms with Crippen LogP contribution in [0.5, 0.6) is 11.5 Å². The van der Waals surface area contributed by atoms with Crippen molar-refractivity contribution in [1.29, 1.82) is 0 Å². The number of esters is 1. The fourth-order valence-corrected chi connectivity index (χ4v) is 3.17. The van der Waals surface area contributed by atoms with E-state index in [1.165, 1.54) is 36.4 Å². The summed E-state index contributed by atoms with van der Waals surface area (Å²) < 4.78 is 29.0. The van der Waals surface area contributed by atoms with Gasteiger partial charge in [-0.3, -0.25) is 9.59 Å². The molecule has 0 saturated heterocycles. The number of carbonyl (C=O) groups is 2. The number of benzene rings is 3. The third kappa shape index (κ3) is 5.72. The molecular formula is C26H21FN2O5. The van der Waals surface area contributed by atoms with Gasteiger partial charge in [-0.1, -0.05) is 5.16 Å². The lowest BCUT2D eigenvalue weighted by atomic mass is 10.0. The van der Waals surface area contributed by atoms with Crippen LogP contribution in [0.25, 0.3) is 11.4 Å². The highest BCUT2D eigenvalue weighted by atomic mass is 19.1. The number of hydrogen-bond acceptors (Lipinski definition) is 7. The SMILES string of the molecule is CCOc1ccc(-c2noc(CCC(=O)Oc3ccc(C(=O)c4ccc(F)cc4)cc3)n2)cc1. The molecule has 0 N–H and O–H groups in total. The van der Waals surface area contributed by atoms with Crippen molar-refractivity contribution in [3.8, 4) is 22.9 Å². The number of nitrogens with zero attached hydrogens (tertiary/aromatic N) is 2. The van der Waals surface area contributed by atoms with E-state index in [9.17, 15) is 14.0 Å². The van der Waals surface area contributed by atoms with Crippen molar-refractivity contribution in [3.63, 3.8) is 0 Å². The van der Waals surface area contributed by atoms with Crippen LogP contribution < -0.4 is 9.47 Å². The van der Waals surface area contributed by atoms with E-state index in [0.717, 1.165) is 11.3 Å². The normalized spacial score (nSPS) is 10.6. The van der Waals surface area contributed by atoms with Crippen LogP contribution in [0, 0.1) is 5.82 Å². The predicted molar refractivity (Wildman–Crippen MR) is 121 cm³/mol. The van der Waals surface area contributed by atoms with Crippen molar-refractivity contribution in [2.24, 2.45) is 0 Å². The first-order valence-corrected chi connectivity index (χ1v) is 10.7. The molecule has 4 rings (SSSR count). The molecule has 0 bridgehead atoms. The third-order valence-corrected chi connectivity index (χ3v) is 4.89. The van der Waals surface area contributed by atoms with Gasteiger partial charge in [-0.2, -0.15) is 4.98 Å². The summed E-state index contributed by atoms with van der Waals surface area (Å²) in [4.78, 5) is 29.0. The Kier molecular flexibility index (Phi) is 7.07. The zero-order chi connectivity index (χ0) is 23.9. The topological polar surface area (TPSA) is 91.5 Å². The standard InChI is InChI=1S/C26H21FN2O5/c1-2-32-21-11-7-19(8-12-21)26-28-23(34-29-26)15-16-24(30)33-22-13-5-18(6-14-22)25(31)17-3-9-20(27)10-4-17/h3-14H,2,15-16H2,1H3. The molecule has 8 heteroatoms. The zero-order valence-corrected chi connectivity index (χ0v) is 18.4. The van der Waals surface area contributed by atoms with Crippen LogP contribution in [-0.2, 0) is 11.2 Å². The van der Waals surface area contributed by atoms with Crippen LogP contribution in [0.3, 0.4) is 0 Å². The lowest BCUT2D eigenvalue weighted by Gasteiger charge is -2.05. The second kappa shape index (κ2) is 10.5. The molecule has 7 nitrogen and oxygen atoms in total. The van der Waals surface area contributed by atoms with Crippen LogP contribution in [0.15, 0.2) is 77.3 Å². The first-order valence-electron chi connectivity index (χ1n) is 10.7. The molecular weight excluding hydrogens is 439 g/mol. The quantitative estimate of drug-likeness (QED) is 0.196. The first-order chi connectivity index (χ1) is 16.5. The van der Waals surface area contributed by atoms with Gasteiger partial charge in [0.15, 0.2) is 5.78 Å². The highest BCUT2D eigenvalue weighted by molar-refractivity contribution is 6.09. The molecule has 172 valence electrons. The number of aryl methyl sites for hydroxylation is 1. The van der Waals surface area contributed by atoms with E-state index in [-0.39, 0.29) is 18.6 Å². The molecule has 0 aliphatic rings. The summed E-state index contributed by atoms with van der Waals surface area (Å²) in [5.41, 5.74) is 1.55. The maximum atomic E-state index is 13.0. The largest absolute Gasteiger partial charge is 0.494 e. The van der Waals surface area contributed by atoms with Crippen molar-refractivity contribution in [1.82, 2.24) is 10.1 Å². The Hall–Kier alpha value is -4.33. The van der Waals surface area contributed by atoms with Crippen LogP contribution in [0.4, 0.5) is 4.39 Å². The minimum absolute atomic E-state index is 0.0428. The number of rotatable bonds is 9. The molecule has 3 aromatic carbocycles. The Bertz CT molecular complexity index is 1270. The summed E-state index contributed by atoms with van der Waals surface area (Å²) in [6.07, 6.45) is 0.269. The fraction of sp³-hybridized carbons (Fsp3) is 0.154. The smallest absolute Gasteiger partial charge is 0.311 e. The maximum Gasteiger partial charge on any atom is 0.311 e. The number of halogens is 1. The van der Waals surface area contributed by atoms with Gasteiger partial charge < -0.3 is 14.0 Å². The van der Waals surface area contributed by atoms with Crippen LogP contribution in [-0.4, -0.2) is 28.5 Å². The van der Waals surface area contributed by atoms with Crippen molar-refractivity contribution in [3.05, 3.63) is 95.6 Å².